The Balaban J connectivity index is 2.36. The van der Waals surface area contributed by atoms with Crippen molar-refractivity contribution in [2.24, 2.45) is 4.99 Å². The average molecular weight is 274 g/mol. The van der Waals surface area contributed by atoms with Crippen LogP contribution < -0.4 is 4.74 Å². The number of fused-ring (bicyclic) bond motifs is 1. The fraction of sp³-hybridized carbons (Fsp3) is 0.588. The van der Waals surface area contributed by atoms with Crippen LogP contribution in [0.4, 0.5) is 0 Å². The van der Waals surface area contributed by atoms with Gasteiger partial charge < -0.3 is 4.74 Å². The van der Waals surface area contributed by atoms with Crippen molar-refractivity contribution >= 4 is 5.90 Å². The quantitative estimate of drug-likeness (QED) is 0.787. The highest BCUT2D eigenvalue weighted by atomic mass is 16.5. The van der Waals surface area contributed by atoms with E-state index in [1.54, 1.807) is 0 Å². The number of likely N-dealkylation sites (N-methyl/N-ethyl adjacent to an activating group) is 1. The standard InChI is InChI=1S/C17H26N2O/c1-5-17(6-2)14-11-9-10-12-15(14)20-16(18-17)13-19(7-3)8-4/h9-12H,5-8,13H2,1-4H3. The van der Waals surface area contributed by atoms with Crippen molar-refractivity contribution in [1.82, 2.24) is 4.90 Å². The van der Waals surface area contributed by atoms with Crippen LogP contribution in [-0.4, -0.2) is 30.4 Å². The highest BCUT2D eigenvalue weighted by Gasteiger charge is 2.35. The van der Waals surface area contributed by atoms with Crippen LogP contribution in [0, 0.1) is 0 Å². The van der Waals surface area contributed by atoms with E-state index in [0.29, 0.717) is 0 Å². The maximum atomic E-state index is 6.03. The van der Waals surface area contributed by atoms with E-state index < -0.39 is 0 Å². The minimum absolute atomic E-state index is 0.114. The van der Waals surface area contributed by atoms with Crippen molar-refractivity contribution in [1.29, 1.82) is 0 Å². The summed E-state index contributed by atoms with van der Waals surface area (Å²) in [5.41, 5.74) is 1.12. The van der Waals surface area contributed by atoms with Gasteiger partial charge in [-0.1, -0.05) is 45.9 Å². The molecular formula is C17H26N2O. The second-order valence-corrected chi connectivity index (χ2v) is 5.30. The van der Waals surface area contributed by atoms with E-state index in [2.05, 4.69) is 50.8 Å². The summed E-state index contributed by atoms with van der Waals surface area (Å²) in [6.07, 6.45) is 2.01. The Bertz CT molecular complexity index is 474. The van der Waals surface area contributed by atoms with Crippen LogP contribution in [0.2, 0.25) is 0 Å². The third-order valence-corrected chi connectivity index (χ3v) is 4.38. The van der Waals surface area contributed by atoms with E-state index in [1.807, 2.05) is 6.07 Å². The zero-order valence-corrected chi connectivity index (χ0v) is 13.1. The first kappa shape index (κ1) is 15.0. The summed E-state index contributed by atoms with van der Waals surface area (Å²) >= 11 is 0. The Morgan fingerprint density at radius 3 is 2.30 bits per heavy atom. The highest BCUT2D eigenvalue weighted by Crippen LogP contribution is 2.41. The molecule has 1 aliphatic rings. The zero-order chi connectivity index (χ0) is 14.6. The second-order valence-electron chi connectivity index (χ2n) is 5.30. The summed E-state index contributed by atoms with van der Waals surface area (Å²) in [6, 6.07) is 8.33. The molecule has 0 spiro atoms. The van der Waals surface area contributed by atoms with Crippen molar-refractivity contribution < 1.29 is 4.74 Å². The molecule has 3 nitrogen and oxygen atoms in total. The first-order valence-electron chi connectivity index (χ1n) is 7.77. The molecule has 0 unspecified atom stereocenters. The Morgan fingerprint density at radius 1 is 1.05 bits per heavy atom. The topological polar surface area (TPSA) is 24.8 Å². The molecule has 0 aliphatic carbocycles. The van der Waals surface area contributed by atoms with Gasteiger partial charge in [0.2, 0.25) is 5.90 Å². The van der Waals surface area contributed by atoms with Crippen LogP contribution in [0.5, 0.6) is 5.75 Å². The van der Waals surface area contributed by atoms with E-state index >= 15 is 0 Å². The summed E-state index contributed by atoms with van der Waals surface area (Å²) in [7, 11) is 0. The molecule has 0 bridgehead atoms. The number of nitrogens with zero attached hydrogens (tertiary/aromatic N) is 2. The van der Waals surface area contributed by atoms with Crippen LogP contribution in [0.25, 0.3) is 0 Å². The minimum atomic E-state index is -0.114. The van der Waals surface area contributed by atoms with Gasteiger partial charge in [0.05, 0.1) is 12.1 Å². The molecule has 0 fully saturated rings. The fourth-order valence-corrected chi connectivity index (χ4v) is 2.88. The van der Waals surface area contributed by atoms with Crippen molar-refractivity contribution in [2.45, 2.75) is 46.1 Å². The molecule has 1 aliphatic heterocycles. The van der Waals surface area contributed by atoms with Crippen LogP contribution in [-0.2, 0) is 5.54 Å². The number of hydrogen-bond acceptors (Lipinski definition) is 3. The monoisotopic (exact) mass is 274 g/mol. The number of aliphatic imine (C=N–C) groups is 1. The maximum absolute atomic E-state index is 6.03. The summed E-state index contributed by atoms with van der Waals surface area (Å²) in [5, 5.41) is 0. The molecule has 20 heavy (non-hydrogen) atoms. The molecule has 2 rings (SSSR count). The molecule has 3 heteroatoms. The lowest BCUT2D eigenvalue weighted by molar-refractivity contribution is 0.306. The lowest BCUT2D eigenvalue weighted by atomic mass is 9.84. The number of ether oxygens (including phenoxy) is 1. The van der Waals surface area contributed by atoms with Gasteiger partial charge in [-0.2, -0.15) is 0 Å². The molecule has 0 N–H and O–H groups in total. The molecule has 0 saturated heterocycles. The minimum Gasteiger partial charge on any atom is -0.442 e. The van der Waals surface area contributed by atoms with E-state index in [0.717, 1.165) is 44.1 Å². The van der Waals surface area contributed by atoms with Crippen LogP contribution in [0.3, 0.4) is 0 Å². The Hall–Kier alpha value is -1.35. The maximum Gasteiger partial charge on any atom is 0.205 e. The average Bonchev–Trinajstić information content (AvgIpc) is 2.51. The summed E-state index contributed by atoms with van der Waals surface area (Å²) in [5.74, 6) is 1.84. The van der Waals surface area contributed by atoms with E-state index in [-0.39, 0.29) is 5.54 Å². The first-order valence-corrected chi connectivity index (χ1v) is 7.77. The van der Waals surface area contributed by atoms with Crippen molar-refractivity contribution in [3.05, 3.63) is 29.8 Å². The molecule has 0 radical (unpaired) electrons. The van der Waals surface area contributed by atoms with Crippen LogP contribution in [0.1, 0.15) is 46.1 Å². The van der Waals surface area contributed by atoms with Crippen molar-refractivity contribution in [2.75, 3.05) is 19.6 Å². The zero-order valence-electron chi connectivity index (χ0n) is 13.1. The van der Waals surface area contributed by atoms with Gasteiger partial charge in [0, 0.05) is 5.56 Å². The molecule has 1 aromatic carbocycles. The van der Waals surface area contributed by atoms with Crippen molar-refractivity contribution in [3.8, 4) is 5.75 Å². The molecule has 1 heterocycles. The second kappa shape index (κ2) is 6.40. The van der Waals surface area contributed by atoms with Gasteiger partial charge in [-0.25, -0.2) is 4.99 Å². The fourth-order valence-electron chi connectivity index (χ4n) is 2.88. The van der Waals surface area contributed by atoms with Gasteiger partial charge in [-0.05, 0) is 32.0 Å². The molecule has 1 aromatic rings. The van der Waals surface area contributed by atoms with Gasteiger partial charge in [0.15, 0.2) is 0 Å². The Kier molecular flexibility index (Phi) is 4.81. The first-order chi connectivity index (χ1) is 9.69. The SMILES string of the molecule is CCN(CC)CC1=NC(CC)(CC)c2ccccc2O1. The lowest BCUT2D eigenvalue weighted by Crippen LogP contribution is -2.38. The van der Waals surface area contributed by atoms with Gasteiger partial charge in [0.1, 0.15) is 5.75 Å². The predicted octanol–water partition coefficient (Wildman–Crippen LogP) is 3.83. The Labute approximate surface area is 122 Å². The molecule has 110 valence electrons. The molecule has 0 saturated carbocycles. The third kappa shape index (κ3) is 2.73. The van der Waals surface area contributed by atoms with E-state index in [1.165, 1.54) is 5.56 Å². The van der Waals surface area contributed by atoms with Gasteiger partial charge in [-0.15, -0.1) is 0 Å². The summed E-state index contributed by atoms with van der Waals surface area (Å²) in [4.78, 5) is 7.32. The highest BCUT2D eigenvalue weighted by molar-refractivity contribution is 5.83. The lowest BCUT2D eigenvalue weighted by Gasteiger charge is -2.35. The van der Waals surface area contributed by atoms with Crippen LogP contribution in [0.15, 0.2) is 29.3 Å². The van der Waals surface area contributed by atoms with E-state index in [9.17, 15) is 0 Å². The number of para-hydroxylation sites is 1. The molecule has 0 atom stereocenters. The van der Waals surface area contributed by atoms with Crippen LogP contribution >= 0.6 is 0 Å². The Morgan fingerprint density at radius 2 is 1.70 bits per heavy atom. The smallest absolute Gasteiger partial charge is 0.205 e. The number of hydrogen-bond donors (Lipinski definition) is 0. The molecule has 0 aromatic heterocycles. The van der Waals surface area contributed by atoms with Gasteiger partial charge >= 0.3 is 0 Å². The van der Waals surface area contributed by atoms with Gasteiger partial charge in [0.25, 0.3) is 0 Å². The van der Waals surface area contributed by atoms with E-state index in [4.69, 9.17) is 9.73 Å². The van der Waals surface area contributed by atoms with Gasteiger partial charge in [-0.3, -0.25) is 4.90 Å². The third-order valence-electron chi connectivity index (χ3n) is 4.38. The summed E-state index contributed by atoms with van der Waals surface area (Å²) in [6.45, 7) is 11.6. The number of benzene rings is 1. The largest absolute Gasteiger partial charge is 0.442 e. The molecule has 0 amide bonds. The normalized spacial score (nSPS) is 16.6. The predicted molar refractivity (Wildman–Crippen MR) is 84.6 cm³/mol. The summed E-state index contributed by atoms with van der Waals surface area (Å²) < 4.78 is 6.03. The number of rotatable bonds is 6. The van der Waals surface area contributed by atoms with Crippen molar-refractivity contribution in [3.63, 3.8) is 0 Å². The molecular weight excluding hydrogens is 248 g/mol.